The van der Waals surface area contributed by atoms with Crippen molar-refractivity contribution < 1.29 is 13.9 Å². The summed E-state index contributed by atoms with van der Waals surface area (Å²) in [7, 11) is 0. The number of anilines is 1. The summed E-state index contributed by atoms with van der Waals surface area (Å²) in [5.41, 5.74) is 5.89. The maximum atomic E-state index is 13.5. The first-order valence-corrected chi connectivity index (χ1v) is 15.9. The molecule has 1 aliphatic heterocycles. The first-order valence-electron chi connectivity index (χ1n) is 15.9. The minimum Gasteiger partial charge on any atom is -0.463 e. The molecule has 0 radical (unpaired) electrons. The highest BCUT2D eigenvalue weighted by molar-refractivity contribution is 5.79. The zero-order valence-electron chi connectivity index (χ0n) is 25.7. The molecule has 3 aromatic carbocycles. The summed E-state index contributed by atoms with van der Waals surface area (Å²) in [5, 5.41) is 0. The molecule has 5 rings (SSSR count). The number of carbonyl (C=O) groups is 1. The summed E-state index contributed by atoms with van der Waals surface area (Å²) in [6.07, 6.45) is 6.55. The predicted molar refractivity (Wildman–Crippen MR) is 172 cm³/mol. The number of unbranched alkanes of at least 4 members (excludes halogenated alkanes) is 1. The third-order valence-electron chi connectivity index (χ3n) is 8.18. The first-order chi connectivity index (χ1) is 20.9. The van der Waals surface area contributed by atoms with Crippen LogP contribution in [0.3, 0.4) is 0 Å². The highest BCUT2D eigenvalue weighted by atomic mass is 19.1. The highest BCUT2D eigenvalue weighted by Crippen LogP contribution is 2.25. The van der Waals surface area contributed by atoms with Crippen molar-refractivity contribution in [3.63, 3.8) is 0 Å². The number of benzene rings is 3. The monoisotopic (exact) mass is 584 g/mol. The van der Waals surface area contributed by atoms with E-state index >= 15 is 0 Å². The molecule has 0 saturated carbocycles. The molecule has 1 aliphatic rings. The van der Waals surface area contributed by atoms with Crippen LogP contribution in [0, 0.1) is 5.82 Å². The van der Waals surface area contributed by atoms with Gasteiger partial charge in [-0.2, -0.15) is 0 Å². The Labute approximate surface area is 255 Å². The molecule has 4 aromatic rings. The van der Waals surface area contributed by atoms with Gasteiger partial charge in [0, 0.05) is 26.1 Å². The lowest BCUT2D eigenvalue weighted by atomic mass is 10.0. The van der Waals surface area contributed by atoms with Gasteiger partial charge in [0.05, 0.1) is 23.7 Å². The minimum atomic E-state index is -0.209. The van der Waals surface area contributed by atoms with E-state index in [1.165, 1.54) is 23.3 Å². The van der Waals surface area contributed by atoms with E-state index in [2.05, 4.69) is 56.8 Å². The van der Waals surface area contributed by atoms with Crippen molar-refractivity contribution in [2.75, 3.05) is 37.6 Å². The number of hydrogen-bond acceptors (Lipinski definition) is 5. The van der Waals surface area contributed by atoms with Crippen LogP contribution in [-0.4, -0.2) is 59.2 Å². The van der Waals surface area contributed by atoms with Gasteiger partial charge in [-0.05, 0) is 106 Å². The van der Waals surface area contributed by atoms with Gasteiger partial charge in [-0.3, -0.25) is 4.79 Å². The summed E-state index contributed by atoms with van der Waals surface area (Å²) in [4.78, 5) is 21.8. The average molecular weight is 585 g/mol. The number of aromatic nitrogens is 2. The van der Waals surface area contributed by atoms with Crippen molar-refractivity contribution >= 4 is 23.0 Å². The van der Waals surface area contributed by atoms with Crippen LogP contribution in [-0.2, 0) is 28.9 Å². The van der Waals surface area contributed by atoms with Crippen LogP contribution in [0.15, 0.2) is 72.8 Å². The Morgan fingerprint density at radius 3 is 2.19 bits per heavy atom. The molecule has 0 spiro atoms. The molecule has 1 aromatic heterocycles. The summed E-state index contributed by atoms with van der Waals surface area (Å²) in [6, 6.07) is 24.1. The SMILES string of the molecule is CC(C)OC(=O)CCCCc1ccc(CCN2CCCN(c3nc4ccccc4n3Cc3ccc(F)cc3)CCC2)cc1. The second-order valence-electron chi connectivity index (χ2n) is 12.0. The number of aryl methyl sites for hydroxylation is 1. The van der Waals surface area contributed by atoms with E-state index in [1.54, 1.807) is 0 Å². The summed E-state index contributed by atoms with van der Waals surface area (Å²) in [5.74, 6) is 0.706. The van der Waals surface area contributed by atoms with Crippen LogP contribution in [0.25, 0.3) is 11.0 Å². The van der Waals surface area contributed by atoms with E-state index in [1.807, 2.05) is 32.0 Å². The minimum absolute atomic E-state index is 0.0371. The average Bonchev–Trinajstić information content (AvgIpc) is 3.34. The smallest absolute Gasteiger partial charge is 0.306 e. The number of ether oxygens (including phenoxy) is 1. The first kappa shape index (κ1) is 30.7. The Bertz CT molecular complexity index is 1440. The van der Waals surface area contributed by atoms with Crippen molar-refractivity contribution in [3.8, 4) is 0 Å². The van der Waals surface area contributed by atoms with Gasteiger partial charge >= 0.3 is 5.97 Å². The van der Waals surface area contributed by atoms with Crippen LogP contribution in [0.5, 0.6) is 0 Å². The van der Waals surface area contributed by atoms with Gasteiger partial charge in [-0.25, -0.2) is 9.37 Å². The zero-order chi connectivity index (χ0) is 30.0. The van der Waals surface area contributed by atoms with E-state index in [4.69, 9.17) is 9.72 Å². The number of rotatable bonds is 12. The van der Waals surface area contributed by atoms with Crippen molar-refractivity contribution in [1.29, 1.82) is 0 Å². The molecule has 7 heteroatoms. The molecule has 1 saturated heterocycles. The molecule has 0 N–H and O–H groups in total. The molecule has 2 heterocycles. The standard InChI is InChI=1S/C36H45FN4O2/c1-28(2)43-35(42)12-6-3-9-29-13-15-30(16-14-29)21-26-39-22-7-24-40(25-8-23-39)36-38-33-10-4-5-11-34(33)41(36)27-31-17-19-32(37)20-18-31/h4-5,10-11,13-20,28H,3,6-9,12,21-27H2,1-2H3. The summed E-state index contributed by atoms with van der Waals surface area (Å²) >= 11 is 0. The Kier molecular flexibility index (Phi) is 10.8. The lowest BCUT2D eigenvalue weighted by Crippen LogP contribution is -2.38. The summed E-state index contributed by atoms with van der Waals surface area (Å²) < 4.78 is 21.0. The van der Waals surface area contributed by atoms with E-state index in [0.29, 0.717) is 13.0 Å². The van der Waals surface area contributed by atoms with Gasteiger partial charge in [0.1, 0.15) is 5.82 Å². The van der Waals surface area contributed by atoms with Crippen LogP contribution in [0.2, 0.25) is 0 Å². The fraction of sp³-hybridized carbons (Fsp3) is 0.444. The van der Waals surface area contributed by atoms with Crippen LogP contribution < -0.4 is 4.90 Å². The molecule has 1 fully saturated rings. The number of halogens is 1. The lowest BCUT2D eigenvalue weighted by molar-refractivity contribution is -0.147. The lowest BCUT2D eigenvalue weighted by Gasteiger charge is -2.31. The number of para-hydroxylation sites is 2. The van der Waals surface area contributed by atoms with Crippen molar-refractivity contribution in [2.45, 2.75) is 71.4 Å². The van der Waals surface area contributed by atoms with E-state index < -0.39 is 0 Å². The van der Waals surface area contributed by atoms with Crippen molar-refractivity contribution in [3.05, 3.63) is 95.3 Å². The number of esters is 1. The molecule has 6 nitrogen and oxygen atoms in total. The zero-order valence-corrected chi connectivity index (χ0v) is 25.7. The molecule has 0 amide bonds. The van der Waals surface area contributed by atoms with E-state index in [9.17, 15) is 9.18 Å². The number of carbonyl (C=O) groups excluding carboxylic acids is 1. The second kappa shape index (κ2) is 15.1. The molecule has 43 heavy (non-hydrogen) atoms. The predicted octanol–water partition coefficient (Wildman–Crippen LogP) is 7.03. The third-order valence-corrected chi connectivity index (χ3v) is 8.18. The normalized spacial score (nSPS) is 14.7. The maximum absolute atomic E-state index is 13.5. The van der Waals surface area contributed by atoms with E-state index in [0.717, 1.165) is 93.8 Å². The van der Waals surface area contributed by atoms with E-state index in [-0.39, 0.29) is 17.9 Å². The van der Waals surface area contributed by atoms with Gasteiger partial charge in [0.15, 0.2) is 0 Å². The summed E-state index contributed by atoms with van der Waals surface area (Å²) in [6.45, 7) is 9.60. The Balaban J connectivity index is 1.10. The molecule has 0 atom stereocenters. The Morgan fingerprint density at radius 2 is 1.49 bits per heavy atom. The van der Waals surface area contributed by atoms with Gasteiger partial charge in [-0.1, -0.05) is 48.5 Å². The molecule has 0 bridgehead atoms. The highest BCUT2D eigenvalue weighted by Gasteiger charge is 2.20. The van der Waals surface area contributed by atoms with Gasteiger partial charge in [0.2, 0.25) is 5.95 Å². The fourth-order valence-electron chi connectivity index (χ4n) is 5.93. The Hall–Kier alpha value is -3.71. The quantitative estimate of drug-likeness (QED) is 0.132. The van der Waals surface area contributed by atoms with Gasteiger partial charge in [0.25, 0.3) is 0 Å². The number of nitrogens with zero attached hydrogens (tertiary/aromatic N) is 4. The molecular formula is C36H45FN4O2. The fourth-order valence-corrected chi connectivity index (χ4v) is 5.93. The molecular weight excluding hydrogens is 539 g/mol. The molecule has 228 valence electrons. The number of hydrogen-bond donors (Lipinski definition) is 0. The van der Waals surface area contributed by atoms with Crippen LogP contribution in [0.1, 0.15) is 62.6 Å². The van der Waals surface area contributed by atoms with Crippen molar-refractivity contribution in [1.82, 2.24) is 14.5 Å². The topological polar surface area (TPSA) is 50.6 Å². The number of imidazole rings is 1. The molecule has 0 aliphatic carbocycles. The van der Waals surface area contributed by atoms with Gasteiger partial charge < -0.3 is 19.1 Å². The second-order valence-corrected chi connectivity index (χ2v) is 12.0. The molecule has 0 unspecified atom stereocenters. The Morgan fingerprint density at radius 1 is 0.837 bits per heavy atom. The maximum Gasteiger partial charge on any atom is 0.306 e. The number of fused-ring (bicyclic) bond motifs is 1. The van der Waals surface area contributed by atoms with Crippen LogP contribution >= 0.6 is 0 Å². The van der Waals surface area contributed by atoms with Gasteiger partial charge in [-0.15, -0.1) is 0 Å². The van der Waals surface area contributed by atoms with Crippen LogP contribution in [0.4, 0.5) is 10.3 Å². The largest absolute Gasteiger partial charge is 0.463 e. The van der Waals surface area contributed by atoms with Crippen molar-refractivity contribution in [2.24, 2.45) is 0 Å². The third kappa shape index (κ3) is 8.90.